The molecule has 5 rings (SSSR count). The minimum atomic E-state index is -0.422. The number of hydrogen-bond acceptors (Lipinski definition) is 3. The maximum atomic E-state index is 13.8. The summed E-state index contributed by atoms with van der Waals surface area (Å²) in [4.78, 5) is 6.45. The fourth-order valence-corrected chi connectivity index (χ4v) is 4.55. The van der Waals surface area contributed by atoms with E-state index in [2.05, 4.69) is 76.6 Å². The molecule has 4 heteroatoms. The van der Waals surface area contributed by atoms with Crippen LogP contribution in [0.4, 0.5) is 4.39 Å². The average molecular weight is 439 g/mol. The van der Waals surface area contributed by atoms with Crippen molar-refractivity contribution in [1.29, 1.82) is 0 Å². The Bertz CT molecular complexity index is 1190. The lowest BCUT2D eigenvalue weighted by Crippen LogP contribution is -2.42. The Hall–Kier alpha value is -3.50. The zero-order valence-corrected chi connectivity index (χ0v) is 18.7. The highest BCUT2D eigenvalue weighted by Gasteiger charge is 2.28. The van der Waals surface area contributed by atoms with Crippen molar-refractivity contribution in [2.24, 2.45) is 0 Å². The first kappa shape index (κ1) is 21.4. The third kappa shape index (κ3) is 4.81. The number of hydrogen-bond donors (Lipinski definition) is 0. The van der Waals surface area contributed by atoms with Crippen LogP contribution in [0.3, 0.4) is 0 Å². The predicted octanol–water partition coefficient (Wildman–Crippen LogP) is 6.20. The van der Waals surface area contributed by atoms with Gasteiger partial charge in [0.05, 0.1) is 0 Å². The van der Waals surface area contributed by atoms with Crippen LogP contribution in [0.2, 0.25) is 0 Å². The molecule has 33 heavy (non-hydrogen) atoms. The van der Waals surface area contributed by atoms with Gasteiger partial charge < -0.3 is 4.74 Å². The number of aryl methyl sites for hydroxylation is 1. The number of benzene rings is 3. The molecule has 0 aliphatic carbocycles. The van der Waals surface area contributed by atoms with E-state index in [0.29, 0.717) is 12.2 Å². The standard InChI is InChI=1S/C29H27FN2O/c1-21-15-24(17-31-29(21)30)26-13-8-14-28-27(26)16-25(20-33-28)32(18-22-9-4-2-5-10-22)19-23-11-6-3-7-12-23/h2-15,17,25H,16,18-20H2,1H3. The molecule has 3 nitrogen and oxygen atoms in total. The monoisotopic (exact) mass is 438 g/mol. The summed E-state index contributed by atoms with van der Waals surface area (Å²) >= 11 is 0. The van der Waals surface area contributed by atoms with Crippen molar-refractivity contribution < 1.29 is 9.13 Å². The van der Waals surface area contributed by atoms with Gasteiger partial charge in [-0.2, -0.15) is 4.39 Å². The summed E-state index contributed by atoms with van der Waals surface area (Å²) in [7, 11) is 0. The fraction of sp³-hybridized carbons (Fsp3) is 0.207. The molecule has 1 unspecified atom stereocenters. The zero-order valence-electron chi connectivity index (χ0n) is 18.7. The largest absolute Gasteiger partial charge is 0.492 e. The Balaban J connectivity index is 1.47. The topological polar surface area (TPSA) is 25.4 Å². The smallest absolute Gasteiger partial charge is 0.215 e. The number of nitrogens with zero attached hydrogens (tertiary/aromatic N) is 2. The minimum Gasteiger partial charge on any atom is -0.492 e. The van der Waals surface area contributed by atoms with E-state index < -0.39 is 5.95 Å². The molecule has 0 fully saturated rings. The molecule has 0 bridgehead atoms. The van der Waals surface area contributed by atoms with E-state index in [4.69, 9.17) is 4.74 Å². The van der Waals surface area contributed by atoms with Gasteiger partial charge in [-0.05, 0) is 42.2 Å². The van der Waals surface area contributed by atoms with Gasteiger partial charge in [0, 0.05) is 42.0 Å². The second kappa shape index (κ2) is 9.55. The van der Waals surface area contributed by atoms with Crippen LogP contribution < -0.4 is 4.74 Å². The first-order chi connectivity index (χ1) is 16.2. The number of halogens is 1. The molecule has 166 valence electrons. The molecular formula is C29H27FN2O. The van der Waals surface area contributed by atoms with Crippen LogP contribution in [0.25, 0.3) is 11.1 Å². The van der Waals surface area contributed by atoms with Gasteiger partial charge in [-0.25, -0.2) is 4.98 Å². The lowest BCUT2D eigenvalue weighted by molar-refractivity contribution is 0.106. The second-order valence-corrected chi connectivity index (χ2v) is 8.66. The number of rotatable bonds is 6. The molecule has 4 aromatic rings. The molecule has 0 saturated carbocycles. The van der Waals surface area contributed by atoms with E-state index in [1.807, 2.05) is 18.2 Å². The molecule has 0 N–H and O–H groups in total. The van der Waals surface area contributed by atoms with Crippen molar-refractivity contribution in [2.75, 3.05) is 6.61 Å². The number of pyridine rings is 1. The van der Waals surface area contributed by atoms with Gasteiger partial charge in [-0.15, -0.1) is 0 Å². The Morgan fingerprint density at radius 2 is 1.58 bits per heavy atom. The van der Waals surface area contributed by atoms with E-state index in [1.165, 1.54) is 11.1 Å². The van der Waals surface area contributed by atoms with Crippen LogP contribution in [-0.4, -0.2) is 22.5 Å². The van der Waals surface area contributed by atoms with E-state index in [0.717, 1.165) is 42.0 Å². The number of ether oxygens (including phenoxy) is 1. The predicted molar refractivity (Wildman–Crippen MR) is 129 cm³/mol. The normalized spacial score (nSPS) is 15.2. The Kier molecular flexibility index (Phi) is 6.18. The summed E-state index contributed by atoms with van der Waals surface area (Å²) in [6.07, 6.45) is 2.48. The first-order valence-corrected chi connectivity index (χ1v) is 11.4. The summed E-state index contributed by atoms with van der Waals surface area (Å²) in [6.45, 7) is 4.08. The Labute approximate surface area is 194 Å². The van der Waals surface area contributed by atoms with Gasteiger partial charge in [-0.1, -0.05) is 72.8 Å². The van der Waals surface area contributed by atoms with E-state index in [9.17, 15) is 4.39 Å². The van der Waals surface area contributed by atoms with Gasteiger partial charge in [0.1, 0.15) is 12.4 Å². The molecule has 1 aromatic heterocycles. The molecule has 1 aliphatic rings. The van der Waals surface area contributed by atoms with Crippen LogP contribution in [0.1, 0.15) is 22.3 Å². The number of fused-ring (bicyclic) bond motifs is 1. The summed E-state index contributed by atoms with van der Waals surface area (Å²) < 4.78 is 20.1. The molecule has 0 radical (unpaired) electrons. The maximum absolute atomic E-state index is 13.8. The van der Waals surface area contributed by atoms with Gasteiger partial charge in [0.2, 0.25) is 5.95 Å². The Morgan fingerprint density at radius 3 is 2.21 bits per heavy atom. The average Bonchev–Trinajstić information content (AvgIpc) is 2.86. The van der Waals surface area contributed by atoms with Crippen molar-refractivity contribution in [3.05, 3.63) is 119 Å². The van der Waals surface area contributed by atoms with Crippen molar-refractivity contribution in [3.8, 4) is 16.9 Å². The summed E-state index contributed by atoms with van der Waals surface area (Å²) in [5.41, 5.74) is 6.26. The molecule has 1 atom stereocenters. The lowest BCUT2D eigenvalue weighted by atomic mass is 9.92. The molecule has 0 saturated heterocycles. The highest BCUT2D eigenvalue weighted by Crippen LogP contribution is 2.36. The van der Waals surface area contributed by atoms with Crippen LogP contribution in [-0.2, 0) is 19.5 Å². The number of aromatic nitrogens is 1. The lowest BCUT2D eigenvalue weighted by Gasteiger charge is -2.36. The molecule has 0 amide bonds. The van der Waals surface area contributed by atoms with Crippen molar-refractivity contribution in [3.63, 3.8) is 0 Å². The van der Waals surface area contributed by atoms with Gasteiger partial charge in [0.15, 0.2) is 0 Å². The summed E-state index contributed by atoms with van der Waals surface area (Å²) in [5, 5.41) is 0. The summed E-state index contributed by atoms with van der Waals surface area (Å²) in [6, 6.07) is 29.3. The van der Waals surface area contributed by atoms with E-state index >= 15 is 0 Å². The van der Waals surface area contributed by atoms with E-state index in [-0.39, 0.29) is 6.04 Å². The summed E-state index contributed by atoms with van der Waals surface area (Å²) in [5.74, 6) is 0.486. The van der Waals surface area contributed by atoms with Crippen molar-refractivity contribution >= 4 is 0 Å². The van der Waals surface area contributed by atoms with Gasteiger partial charge in [0.25, 0.3) is 0 Å². The van der Waals surface area contributed by atoms with Crippen LogP contribution >= 0.6 is 0 Å². The molecule has 1 aliphatic heterocycles. The molecule has 3 aromatic carbocycles. The first-order valence-electron chi connectivity index (χ1n) is 11.4. The highest BCUT2D eigenvalue weighted by molar-refractivity contribution is 5.70. The minimum absolute atomic E-state index is 0.216. The molecule has 0 spiro atoms. The SMILES string of the molecule is Cc1cc(-c2cccc3c2CC(N(Cc2ccccc2)Cc2ccccc2)CO3)cnc1F. The van der Waals surface area contributed by atoms with E-state index in [1.54, 1.807) is 13.1 Å². The quantitative estimate of drug-likeness (QED) is 0.335. The second-order valence-electron chi connectivity index (χ2n) is 8.66. The van der Waals surface area contributed by atoms with Crippen molar-refractivity contribution in [2.45, 2.75) is 32.5 Å². The third-order valence-electron chi connectivity index (χ3n) is 6.30. The van der Waals surface area contributed by atoms with Crippen LogP contribution in [0, 0.1) is 12.9 Å². The van der Waals surface area contributed by atoms with Gasteiger partial charge >= 0.3 is 0 Å². The highest BCUT2D eigenvalue weighted by atomic mass is 19.1. The molecular weight excluding hydrogens is 411 g/mol. The van der Waals surface area contributed by atoms with Crippen molar-refractivity contribution in [1.82, 2.24) is 9.88 Å². The molecule has 2 heterocycles. The van der Waals surface area contributed by atoms with Crippen LogP contribution in [0.15, 0.2) is 91.1 Å². The zero-order chi connectivity index (χ0) is 22.6. The Morgan fingerprint density at radius 1 is 0.909 bits per heavy atom. The third-order valence-corrected chi connectivity index (χ3v) is 6.30. The van der Waals surface area contributed by atoms with Gasteiger partial charge in [-0.3, -0.25) is 4.90 Å². The van der Waals surface area contributed by atoms with Crippen LogP contribution in [0.5, 0.6) is 5.75 Å². The maximum Gasteiger partial charge on any atom is 0.215 e. The fourth-order valence-electron chi connectivity index (χ4n) is 4.55.